The standard InChI is InChI=1S/C22H22N4O/c1-16-7-2-3-9-18(16)13-23-22-24-14-19(15-25-22)21(27)26-12-6-10-17-8-4-5-11-20(17)26/h2-5,7-9,11,14-15H,6,10,12-13H2,1H3,(H,23,24,25). The lowest BCUT2D eigenvalue weighted by Gasteiger charge is -2.29. The third-order valence-corrected chi connectivity index (χ3v) is 4.95. The number of benzene rings is 2. The van der Waals surface area contributed by atoms with Gasteiger partial charge in [-0.2, -0.15) is 0 Å². The maximum atomic E-state index is 12.9. The zero-order valence-corrected chi connectivity index (χ0v) is 15.4. The molecule has 0 saturated heterocycles. The van der Waals surface area contributed by atoms with Gasteiger partial charge in [-0.15, -0.1) is 0 Å². The minimum absolute atomic E-state index is 0.0485. The second-order valence-corrected chi connectivity index (χ2v) is 6.76. The van der Waals surface area contributed by atoms with Gasteiger partial charge in [-0.25, -0.2) is 9.97 Å². The molecule has 5 heteroatoms. The molecule has 1 aliphatic rings. The molecule has 0 aliphatic carbocycles. The fourth-order valence-electron chi connectivity index (χ4n) is 3.41. The number of para-hydroxylation sites is 1. The van der Waals surface area contributed by atoms with E-state index in [9.17, 15) is 4.79 Å². The van der Waals surface area contributed by atoms with Crippen molar-refractivity contribution in [1.29, 1.82) is 0 Å². The van der Waals surface area contributed by atoms with Crippen LogP contribution in [0.4, 0.5) is 11.6 Å². The van der Waals surface area contributed by atoms with Crippen LogP contribution in [-0.2, 0) is 13.0 Å². The van der Waals surface area contributed by atoms with Crippen LogP contribution in [-0.4, -0.2) is 22.4 Å². The van der Waals surface area contributed by atoms with Crippen molar-refractivity contribution in [2.24, 2.45) is 0 Å². The van der Waals surface area contributed by atoms with Gasteiger partial charge in [0.2, 0.25) is 5.95 Å². The summed E-state index contributed by atoms with van der Waals surface area (Å²) in [5.74, 6) is 0.474. The van der Waals surface area contributed by atoms with E-state index in [1.807, 2.05) is 35.2 Å². The summed E-state index contributed by atoms with van der Waals surface area (Å²) in [5.41, 5.74) is 5.14. The van der Waals surface area contributed by atoms with Gasteiger partial charge in [-0.05, 0) is 42.5 Å². The SMILES string of the molecule is Cc1ccccc1CNc1ncc(C(=O)N2CCCc3ccccc32)cn1. The molecule has 2 aromatic carbocycles. The van der Waals surface area contributed by atoms with Crippen LogP contribution in [0.3, 0.4) is 0 Å². The molecule has 0 bridgehead atoms. The second kappa shape index (κ2) is 7.58. The smallest absolute Gasteiger partial charge is 0.261 e. The van der Waals surface area contributed by atoms with Gasteiger partial charge in [0.15, 0.2) is 0 Å². The first-order chi connectivity index (χ1) is 13.2. The number of fused-ring (bicyclic) bond motifs is 1. The molecule has 136 valence electrons. The van der Waals surface area contributed by atoms with Crippen LogP contribution in [0, 0.1) is 6.92 Å². The third kappa shape index (κ3) is 3.67. The van der Waals surface area contributed by atoms with Gasteiger partial charge in [-0.1, -0.05) is 42.5 Å². The summed E-state index contributed by atoms with van der Waals surface area (Å²) in [7, 11) is 0. The minimum atomic E-state index is -0.0485. The van der Waals surface area contributed by atoms with Crippen molar-refractivity contribution in [2.45, 2.75) is 26.3 Å². The van der Waals surface area contributed by atoms with Crippen LogP contribution in [0.15, 0.2) is 60.9 Å². The maximum absolute atomic E-state index is 12.9. The highest BCUT2D eigenvalue weighted by Crippen LogP contribution is 2.27. The van der Waals surface area contributed by atoms with E-state index in [2.05, 4.69) is 40.4 Å². The van der Waals surface area contributed by atoms with Crippen molar-refractivity contribution < 1.29 is 4.79 Å². The van der Waals surface area contributed by atoms with E-state index in [0.717, 1.165) is 25.1 Å². The Morgan fingerprint density at radius 1 is 1.07 bits per heavy atom. The van der Waals surface area contributed by atoms with Crippen LogP contribution in [0.25, 0.3) is 0 Å². The van der Waals surface area contributed by atoms with Crippen LogP contribution >= 0.6 is 0 Å². The highest BCUT2D eigenvalue weighted by molar-refractivity contribution is 6.06. The fourth-order valence-corrected chi connectivity index (χ4v) is 3.41. The first-order valence-electron chi connectivity index (χ1n) is 9.22. The lowest BCUT2D eigenvalue weighted by molar-refractivity contribution is 0.0984. The Balaban J connectivity index is 1.46. The Morgan fingerprint density at radius 2 is 1.81 bits per heavy atom. The van der Waals surface area contributed by atoms with Crippen molar-refractivity contribution in [3.8, 4) is 0 Å². The van der Waals surface area contributed by atoms with Crippen molar-refractivity contribution in [1.82, 2.24) is 9.97 Å². The number of carbonyl (C=O) groups excluding carboxylic acids is 1. The Hall–Kier alpha value is -3.21. The second-order valence-electron chi connectivity index (χ2n) is 6.76. The first-order valence-corrected chi connectivity index (χ1v) is 9.22. The molecular formula is C22H22N4O. The van der Waals surface area contributed by atoms with Crippen molar-refractivity contribution in [2.75, 3.05) is 16.8 Å². The summed E-state index contributed by atoms with van der Waals surface area (Å²) in [5, 5.41) is 3.22. The largest absolute Gasteiger partial charge is 0.350 e. The Bertz CT molecular complexity index is 953. The molecule has 27 heavy (non-hydrogen) atoms. The number of hydrogen-bond acceptors (Lipinski definition) is 4. The molecule has 5 nitrogen and oxygen atoms in total. The number of carbonyl (C=O) groups is 1. The minimum Gasteiger partial charge on any atom is -0.350 e. The molecule has 1 aromatic heterocycles. The lowest BCUT2D eigenvalue weighted by Crippen LogP contribution is -2.35. The number of amides is 1. The summed E-state index contributed by atoms with van der Waals surface area (Å²) in [4.78, 5) is 23.4. The zero-order valence-electron chi connectivity index (χ0n) is 15.4. The van der Waals surface area contributed by atoms with Gasteiger partial charge < -0.3 is 10.2 Å². The average Bonchev–Trinajstić information content (AvgIpc) is 2.73. The topological polar surface area (TPSA) is 58.1 Å². The van der Waals surface area contributed by atoms with Crippen LogP contribution in [0.1, 0.15) is 33.5 Å². The molecule has 0 radical (unpaired) electrons. The van der Waals surface area contributed by atoms with E-state index >= 15 is 0 Å². The number of hydrogen-bond donors (Lipinski definition) is 1. The van der Waals surface area contributed by atoms with E-state index in [1.54, 1.807) is 12.4 Å². The predicted molar refractivity (Wildman–Crippen MR) is 107 cm³/mol. The van der Waals surface area contributed by atoms with Crippen LogP contribution < -0.4 is 10.2 Å². The Morgan fingerprint density at radius 3 is 2.63 bits per heavy atom. The van der Waals surface area contributed by atoms with Gasteiger partial charge in [0, 0.05) is 31.2 Å². The Kier molecular flexibility index (Phi) is 4.83. The lowest BCUT2D eigenvalue weighted by atomic mass is 10.0. The van der Waals surface area contributed by atoms with E-state index in [4.69, 9.17) is 0 Å². The average molecular weight is 358 g/mol. The summed E-state index contributed by atoms with van der Waals surface area (Å²) in [6, 6.07) is 16.3. The highest BCUT2D eigenvalue weighted by Gasteiger charge is 2.23. The van der Waals surface area contributed by atoms with Gasteiger partial charge >= 0.3 is 0 Å². The van der Waals surface area contributed by atoms with Gasteiger partial charge in [0.05, 0.1) is 5.56 Å². The molecule has 3 aromatic rings. The highest BCUT2D eigenvalue weighted by atomic mass is 16.2. The number of nitrogens with zero attached hydrogens (tertiary/aromatic N) is 3. The number of rotatable bonds is 4. The van der Waals surface area contributed by atoms with Gasteiger partial charge in [0.25, 0.3) is 5.91 Å². The maximum Gasteiger partial charge on any atom is 0.261 e. The van der Waals surface area contributed by atoms with Gasteiger partial charge in [-0.3, -0.25) is 4.79 Å². The summed E-state index contributed by atoms with van der Waals surface area (Å²) in [6.07, 6.45) is 5.19. The molecular weight excluding hydrogens is 336 g/mol. The summed E-state index contributed by atoms with van der Waals surface area (Å²) >= 11 is 0. The number of aryl methyl sites for hydroxylation is 2. The van der Waals surface area contributed by atoms with Crippen molar-refractivity contribution in [3.05, 3.63) is 83.2 Å². The number of nitrogens with one attached hydrogen (secondary N) is 1. The van der Waals surface area contributed by atoms with E-state index in [0.29, 0.717) is 18.1 Å². The normalized spacial score (nSPS) is 13.1. The fraction of sp³-hybridized carbons (Fsp3) is 0.227. The first kappa shape index (κ1) is 17.2. The number of anilines is 2. The van der Waals surface area contributed by atoms with E-state index in [-0.39, 0.29) is 5.91 Å². The predicted octanol–water partition coefficient (Wildman–Crippen LogP) is 3.99. The Labute approximate surface area is 159 Å². The van der Waals surface area contributed by atoms with Crippen LogP contribution in [0.5, 0.6) is 0 Å². The molecule has 0 unspecified atom stereocenters. The molecule has 0 atom stereocenters. The molecule has 4 rings (SSSR count). The van der Waals surface area contributed by atoms with Crippen molar-refractivity contribution in [3.63, 3.8) is 0 Å². The summed E-state index contributed by atoms with van der Waals surface area (Å²) in [6.45, 7) is 3.46. The zero-order chi connectivity index (χ0) is 18.6. The monoisotopic (exact) mass is 358 g/mol. The van der Waals surface area contributed by atoms with E-state index < -0.39 is 0 Å². The molecule has 1 N–H and O–H groups in total. The molecule has 0 saturated carbocycles. The quantitative estimate of drug-likeness (QED) is 0.766. The van der Waals surface area contributed by atoms with Gasteiger partial charge in [0.1, 0.15) is 0 Å². The van der Waals surface area contributed by atoms with E-state index in [1.165, 1.54) is 16.7 Å². The third-order valence-electron chi connectivity index (χ3n) is 4.95. The molecule has 0 fully saturated rings. The molecule has 1 aliphatic heterocycles. The summed E-state index contributed by atoms with van der Waals surface area (Å²) < 4.78 is 0. The molecule has 2 heterocycles. The molecule has 1 amide bonds. The number of aromatic nitrogens is 2. The van der Waals surface area contributed by atoms with Crippen LogP contribution in [0.2, 0.25) is 0 Å². The van der Waals surface area contributed by atoms with Crippen molar-refractivity contribution >= 4 is 17.5 Å². The molecule has 0 spiro atoms.